The van der Waals surface area contributed by atoms with Crippen molar-refractivity contribution >= 4 is 17.5 Å². The lowest BCUT2D eigenvalue weighted by Gasteiger charge is -2.22. The highest BCUT2D eigenvalue weighted by atomic mass is 35.5. The van der Waals surface area contributed by atoms with E-state index in [1.165, 1.54) is 0 Å². The summed E-state index contributed by atoms with van der Waals surface area (Å²) in [4.78, 5) is 17.4. The van der Waals surface area contributed by atoms with E-state index in [1.54, 1.807) is 23.1 Å². The average Bonchev–Trinajstić information content (AvgIpc) is 3.21. The predicted octanol–water partition coefficient (Wildman–Crippen LogP) is 2.15. The molecule has 6 heteroatoms. The number of rotatable bonds is 4. The topological polar surface area (TPSA) is 76.6 Å². The van der Waals surface area contributed by atoms with E-state index in [9.17, 15) is 15.0 Å². The van der Waals surface area contributed by atoms with Gasteiger partial charge < -0.3 is 20.1 Å². The van der Waals surface area contributed by atoms with Crippen LogP contribution < -0.4 is 0 Å². The zero-order valence-electron chi connectivity index (χ0n) is 12.6. The Bertz CT molecular complexity index is 683. The summed E-state index contributed by atoms with van der Waals surface area (Å²) in [5.74, 6) is -0.123. The van der Waals surface area contributed by atoms with Crippen LogP contribution in [0.15, 0.2) is 36.4 Å². The van der Waals surface area contributed by atoms with Crippen LogP contribution in [0.5, 0.6) is 0 Å². The van der Waals surface area contributed by atoms with Gasteiger partial charge in [-0.3, -0.25) is 4.79 Å². The van der Waals surface area contributed by atoms with Crippen molar-refractivity contribution in [1.29, 1.82) is 0 Å². The molecule has 3 rings (SSSR count). The highest BCUT2D eigenvalue weighted by Crippen LogP contribution is 2.26. The van der Waals surface area contributed by atoms with E-state index in [2.05, 4.69) is 4.98 Å². The second-order valence-corrected chi connectivity index (χ2v) is 6.31. The Morgan fingerprint density at radius 1 is 1.17 bits per heavy atom. The number of benzene rings is 1. The number of hydrogen-bond donors (Lipinski definition) is 3. The standard InChI is InChI=1S/C17H19ClN2O3/c18-13-3-1-12(2-4-13)15-5-6-16(19-15)17(23)20-8-11(9-21)7-14(20)10-22/h1-6,11,14,19,21-22H,7-10H2. The minimum Gasteiger partial charge on any atom is -0.396 e. The summed E-state index contributed by atoms with van der Waals surface area (Å²) in [7, 11) is 0. The third kappa shape index (κ3) is 3.27. The summed E-state index contributed by atoms with van der Waals surface area (Å²) >= 11 is 5.89. The average molecular weight is 335 g/mol. The summed E-state index contributed by atoms with van der Waals surface area (Å²) in [5.41, 5.74) is 2.26. The molecule has 1 fully saturated rings. The molecule has 122 valence electrons. The molecule has 0 spiro atoms. The quantitative estimate of drug-likeness (QED) is 0.802. The van der Waals surface area contributed by atoms with Gasteiger partial charge in [-0.2, -0.15) is 0 Å². The van der Waals surface area contributed by atoms with E-state index < -0.39 is 0 Å². The number of carbonyl (C=O) groups excluding carboxylic acids is 1. The lowest BCUT2D eigenvalue weighted by atomic mass is 10.1. The molecule has 5 nitrogen and oxygen atoms in total. The summed E-state index contributed by atoms with van der Waals surface area (Å²) in [6, 6.07) is 10.7. The second-order valence-electron chi connectivity index (χ2n) is 5.87. The molecular formula is C17H19ClN2O3. The van der Waals surface area contributed by atoms with Gasteiger partial charge in [-0.1, -0.05) is 23.7 Å². The molecule has 2 heterocycles. The molecule has 23 heavy (non-hydrogen) atoms. The third-order valence-corrected chi connectivity index (χ3v) is 4.55. The number of hydrogen-bond acceptors (Lipinski definition) is 3. The van der Waals surface area contributed by atoms with Gasteiger partial charge >= 0.3 is 0 Å². The van der Waals surface area contributed by atoms with Crippen molar-refractivity contribution < 1.29 is 15.0 Å². The van der Waals surface area contributed by atoms with Gasteiger partial charge in [0, 0.05) is 29.8 Å². The van der Waals surface area contributed by atoms with Crippen molar-refractivity contribution in [1.82, 2.24) is 9.88 Å². The van der Waals surface area contributed by atoms with Gasteiger partial charge in [0.25, 0.3) is 5.91 Å². The Morgan fingerprint density at radius 3 is 2.57 bits per heavy atom. The van der Waals surface area contributed by atoms with E-state index in [0.29, 0.717) is 23.7 Å². The maximum atomic E-state index is 12.7. The summed E-state index contributed by atoms with van der Waals surface area (Å²) in [6.07, 6.45) is 0.628. The number of H-pyrrole nitrogens is 1. The number of halogens is 1. The third-order valence-electron chi connectivity index (χ3n) is 4.30. The number of aliphatic hydroxyl groups is 2. The number of aromatic nitrogens is 1. The zero-order valence-corrected chi connectivity index (χ0v) is 13.3. The van der Waals surface area contributed by atoms with Crippen LogP contribution in [0.1, 0.15) is 16.9 Å². The molecular weight excluding hydrogens is 316 g/mol. The maximum Gasteiger partial charge on any atom is 0.270 e. The molecule has 2 unspecified atom stereocenters. The molecule has 0 bridgehead atoms. The van der Waals surface area contributed by atoms with E-state index in [-0.39, 0.29) is 31.1 Å². The van der Waals surface area contributed by atoms with Gasteiger partial charge in [0.2, 0.25) is 0 Å². The lowest BCUT2D eigenvalue weighted by Crippen LogP contribution is -2.38. The number of amides is 1. The van der Waals surface area contributed by atoms with Crippen molar-refractivity contribution in [3.8, 4) is 11.3 Å². The van der Waals surface area contributed by atoms with Crippen LogP contribution in [0.4, 0.5) is 0 Å². The zero-order chi connectivity index (χ0) is 16.4. The number of nitrogens with zero attached hydrogens (tertiary/aromatic N) is 1. The molecule has 0 radical (unpaired) electrons. The molecule has 1 saturated heterocycles. The fourth-order valence-corrected chi connectivity index (χ4v) is 3.17. The highest BCUT2D eigenvalue weighted by molar-refractivity contribution is 6.30. The second kappa shape index (κ2) is 6.74. The maximum absolute atomic E-state index is 12.7. The van der Waals surface area contributed by atoms with Crippen LogP contribution in [-0.4, -0.2) is 51.8 Å². The van der Waals surface area contributed by atoms with E-state index in [4.69, 9.17) is 11.6 Å². The Morgan fingerprint density at radius 2 is 1.91 bits per heavy atom. The first-order valence-electron chi connectivity index (χ1n) is 7.60. The number of nitrogens with one attached hydrogen (secondary N) is 1. The molecule has 0 aliphatic carbocycles. The van der Waals surface area contributed by atoms with Crippen molar-refractivity contribution in [3.05, 3.63) is 47.1 Å². The molecule has 1 aromatic heterocycles. The molecule has 1 amide bonds. The van der Waals surface area contributed by atoms with Gasteiger partial charge in [-0.05, 0) is 36.2 Å². The number of aliphatic hydroxyl groups excluding tert-OH is 2. The predicted molar refractivity (Wildman–Crippen MR) is 88.3 cm³/mol. The molecule has 0 saturated carbocycles. The largest absolute Gasteiger partial charge is 0.396 e. The van der Waals surface area contributed by atoms with Gasteiger partial charge in [0.05, 0.1) is 12.6 Å². The SMILES string of the molecule is O=C(c1ccc(-c2ccc(Cl)cc2)[nH]1)N1CC(CO)CC1CO. The highest BCUT2D eigenvalue weighted by Gasteiger charge is 2.35. The van der Waals surface area contributed by atoms with Crippen LogP contribution in [-0.2, 0) is 0 Å². The molecule has 1 aliphatic rings. The lowest BCUT2D eigenvalue weighted by molar-refractivity contribution is 0.0667. The van der Waals surface area contributed by atoms with E-state index in [1.807, 2.05) is 18.2 Å². The van der Waals surface area contributed by atoms with Crippen LogP contribution in [0.3, 0.4) is 0 Å². The van der Waals surface area contributed by atoms with E-state index >= 15 is 0 Å². The number of carbonyl (C=O) groups is 1. The first-order valence-corrected chi connectivity index (χ1v) is 7.97. The fraction of sp³-hybridized carbons (Fsp3) is 0.353. The van der Waals surface area contributed by atoms with Crippen molar-refractivity contribution in [3.63, 3.8) is 0 Å². The van der Waals surface area contributed by atoms with Gasteiger partial charge in [-0.15, -0.1) is 0 Å². The van der Waals surface area contributed by atoms with Gasteiger partial charge in [0.1, 0.15) is 5.69 Å². The van der Waals surface area contributed by atoms with Gasteiger partial charge in [-0.25, -0.2) is 0 Å². The number of likely N-dealkylation sites (tertiary alicyclic amines) is 1. The first-order chi connectivity index (χ1) is 11.1. The summed E-state index contributed by atoms with van der Waals surface area (Å²) in [6.45, 7) is 0.407. The molecule has 1 aliphatic heterocycles. The van der Waals surface area contributed by atoms with E-state index in [0.717, 1.165) is 11.3 Å². The Balaban J connectivity index is 1.79. The Labute approximate surface area is 139 Å². The molecule has 2 atom stereocenters. The van der Waals surface area contributed by atoms with Crippen LogP contribution in [0.25, 0.3) is 11.3 Å². The Kier molecular flexibility index (Phi) is 4.71. The fourth-order valence-electron chi connectivity index (χ4n) is 3.04. The molecule has 2 aromatic rings. The van der Waals surface area contributed by atoms with Crippen LogP contribution >= 0.6 is 11.6 Å². The van der Waals surface area contributed by atoms with Crippen LogP contribution in [0, 0.1) is 5.92 Å². The van der Waals surface area contributed by atoms with Crippen molar-refractivity contribution in [2.24, 2.45) is 5.92 Å². The minimum atomic E-state index is -0.234. The molecule has 1 aromatic carbocycles. The van der Waals surface area contributed by atoms with Crippen LogP contribution in [0.2, 0.25) is 5.02 Å². The van der Waals surface area contributed by atoms with Crippen molar-refractivity contribution in [2.45, 2.75) is 12.5 Å². The first kappa shape index (κ1) is 16.1. The number of aromatic amines is 1. The summed E-state index contributed by atoms with van der Waals surface area (Å²) in [5, 5.41) is 19.4. The van der Waals surface area contributed by atoms with Gasteiger partial charge in [0.15, 0.2) is 0 Å². The van der Waals surface area contributed by atoms with Crippen molar-refractivity contribution in [2.75, 3.05) is 19.8 Å². The molecule has 3 N–H and O–H groups in total. The smallest absolute Gasteiger partial charge is 0.270 e. The summed E-state index contributed by atoms with van der Waals surface area (Å²) < 4.78 is 0. The monoisotopic (exact) mass is 334 g/mol. The minimum absolute atomic E-state index is 0.0288. The Hall–Kier alpha value is -1.82. The normalized spacial score (nSPS) is 20.9.